The number of halogens is 2. The molecular weight excluding hydrogens is 670 g/mol. The summed E-state index contributed by atoms with van der Waals surface area (Å²) in [7, 11) is 0. The van der Waals surface area contributed by atoms with E-state index in [0.29, 0.717) is 84.6 Å². The molecular formula is C35H46F2N6O6S. The van der Waals surface area contributed by atoms with Crippen LogP contribution in [0.1, 0.15) is 50.8 Å². The van der Waals surface area contributed by atoms with Gasteiger partial charge in [0.2, 0.25) is 5.91 Å². The van der Waals surface area contributed by atoms with Crippen LogP contribution in [0.2, 0.25) is 0 Å². The van der Waals surface area contributed by atoms with Crippen molar-refractivity contribution in [3.8, 4) is 12.1 Å². The Balaban J connectivity index is 0.000000378. The molecule has 0 bridgehead atoms. The molecule has 0 radical (unpaired) electrons. The third-order valence-electron chi connectivity index (χ3n) is 8.34. The number of piperidine rings is 1. The number of likely N-dealkylation sites (tertiary alicyclic amines) is 1. The number of rotatable bonds is 5. The molecule has 2 aliphatic heterocycles. The topological polar surface area (TPSA) is 181 Å². The Morgan fingerprint density at radius 3 is 2.52 bits per heavy atom. The number of nitrogen functional groups attached to an aromatic ring is 1. The summed E-state index contributed by atoms with van der Waals surface area (Å²) in [6.45, 7) is 15.8. The first-order valence-electron chi connectivity index (χ1n) is 16.0. The van der Waals surface area contributed by atoms with Crippen molar-refractivity contribution in [3.05, 3.63) is 63.4 Å². The van der Waals surface area contributed by atoms with E-state index in [9.17, 15) is 30.1 Å². The van der Waals surface area contributed by atoms with Crippen LogP contribution in [0.25, 0.3) is 23.1 Å². The van der Waals surface area contributed by atoms with Crippen LogP contribution in [0, 0.1) is 35.9 Å². The molecule has 0 aliphatic carbocycles. The summed E-state index contributed by atoms with van der Waals surface area (Å²) >= 11 is 1.26. The zero-order chi connectivity index (χ0) is 37.3. The lowest BCUT2D eigenvalue weighted by Crippen LogP contribution is -2.51. The van der Waals surface area contributed by atoms with Crippen molar-refractivity contribution in [1.82, 2.24) is 14.9 Å². The first-order chi connectivity index (χ1) is 23.7. The maximum Gasteiger partial charge on any atom is 0.323 e. The van der Waals surface area contributed by atoms with Gasteiger partial charge in [0.05, 0.1) is 30.6 Å². The standard InChI is InChI=1S/C24H26FN5O4S.C9H16FNO2.C2H4/c1-4-19-15(17(9-26)21(27)35-19)7-14-13(3)20-16(8-18(14)25)22(29-23(28-20)34-24(31)32)30-5-6-33-11-12(2)10-30;1-7-6-11(9(2,12)13)4-3-8(7)5-10;1-2/h4,7-8,12,24,31-32H,5-6,10-11,27H2,1-3H3;5,7,12-13H,3-4,6H2,1-2H3;1-2H2/b15-7+,19-4-;8-5+;. The lowest BCUT2D eigenvalue weighted by molar-refractivity contribution is -0.254. The molecule has 2 aliphatic rings. The Bertz CT molecular complexity index is 1840. The first-order valence-corrected chi connectivity index (χ1v) is 16.8. The van der Waals surface area contributed by atoms with E-state index in [1.807, 2.05) is 31.7 Å². The quantitative estimate of drug-likeness (QED) is 0.193. The molecule has 1 aromatic carbocycles. The second kappa shape index (κ2) is 17.8. The number of aliphatic hydroxyl groups excluding tert-OH is 1. The fourth-order valence-corrected chi connectivity index (χ4v) is 6.68. The Kier molecular flexibility index (Phi) is 14.4. The fourth-order valence-electron chi connectivity index (χ4n) is 5.80. The number of anilines is 2. The maximum absolute atomic E-state index is 15.6. The van der Waals surface area contributed by atoms with Crippen LogP contribution in [0.4, 0.5) is 19.6 Å². The Morgan fingerprint density at radius 2 is 1.94 bits per heavy atom. The van der Waals surface area contributed by atoms with Gasteiger partial charge in [-0.1, -0.05) is 19.9 Å². The van der Waals surface area contributed by atoms with Crippen molar-refractivity contribution < 1.29 is 38.7 Å². The monoisotopic (exact) mass is 716 g/mol. The van der Waals surface area contributed by atoms with Gasteiger partial charge in [-0.2, -0.15) is 15.2 Å². The highest BCUT2D eigenvalue weighted by molar-refractivity contribution is 7.14. The number of fused-ring (bicyclic) bond motifs is 1. The number of thiophene rings is 1. The molecule has 0 spiro atoms. The molecule has 12 nitrogen and oxygen atoms in total. The van der Waals surface area contributed by atoms with Crippen molar-refractivity contribution in [1.29, 1.82) is 5.26 Å². The number of nitrogens with two attached hydrogens (primary N) is 1. The second-order valence-electron chi connectivity index (χ2n) is 12.1. The third-order valence-corrected chi connectivity index (χ3v) is 9.44. The Labute approximate surface area is 294 Å². The van der Waals surface area contributed by atoms with Gasteiger partial charge >= 0.3 is 12.5 Å². The number of hydrogen-bond acceptors (Lipinski definition) is 13. The minimum Gasteiger partial charge on any atom is -0.408 e. The van der Waals surface area contributed by atoms with Gasteiger partial charge < -0.3 is 40.5 Å². The highest BCUT2D eigenvalue weighted by Gasteiger charge is 2.31. The summed E-state index contributed by atoms with van der Waals surface area (Å²) in [6.07, 6.45) is 4.61. The maximum atomic E-state index is 15.6. The Morgan fingerprint density at radius 1 is 1.24 bits per heavy atom. The minimum atomic E-state index is -2.12. The van der Waals surface area contributed by atoms with Crippen LogP contribution in [0.3, 0.4) is 0 Å². The third kappa shape index (κ3) is 9.61. The highest BCUT2D eigenvalue weighted by atomic mass is 32.1. The highest BCUT2D eigenvalue weighted by Crippen LogP contribution is 2.33. The number of aromatic nitrogens is 2. The van der Waals surface area contributed by atoms with E-state index in [0.717, 1.165) is 10.1 Å². The predicted molar refractivity (Wildman–Crippen MR) is 190 cm³/mol. The smallest absolute Gasteiger partial charge is 0.323 e. The predicted octanol–water partition coefficient (Wildman–Crippen LogP) is 2.98. The molecule has 272 valence electrons. The SMILES string of the molecule is C/C=c1\sc(N)c(C#N)\c1=C/c1c(F)cc2c(N3CCOCC(C)C3)nc(OC(O)O)nc2c1C.C=C.CC1CN(C(C)(O)O)CC/C1=C\F. The normalized spacial score (nSPS) is 20.2. The molecule has 0 amide bonds. The summed E-state index contributed by atoms with van der Waals surface area (Å²) in [5, 5.41) is 48.2. The molecule has 0 saturated carbocycles. The molecule has 6 N–H and O–H groups in total. The van der Waals surface area contributed by atoms with Crippen molar-refractivity contribution in [2.45, 2.75) is 53.4 Å². The molecule has 2 atom stereocenters. The molecule has 5 rings (SSSR count). The van der Waals surface area contributed by atoms with Gasteiger partial charge in [-0.3, -0.25) is 4.90 Å². The van der Waals surface area contributed by atoms with E-state index in [4.69, 9.17) is 15.2 Å². The lowest BCUT2D eigenvalue weighted by Gasteiger charge is -2.38. The van der Waals surface area contributed by atoms with Crippen molar-refractivity contribution in [2.75, 3.05) is 50.0 Å². The van der Waals surface area contributed by atoms with Crippen LogP contribution in [0.5, 0.6) is 6.01 Å². The van der Waals surface area contributed by atoms with E-state index in [1.54, 1.807) is 13.0 Å². The molecule has 2 unspecified atom stereocenters. The molecule has 4 heterocycles. The average molecular weight is 717 g/mol. The summed E-state index contributed by atoms with van der Waals surface area (Å²) in [5.41, 5.74) is 8.15. The first kappa shape index (κ1) is 40.4. The number of hydrogen-bond donors (Lipinski definition) is 5. The number of nitriles is 1. The minimum absolute atomic E-state index is 0.0531. The van der Waals surface area contributed by atoms with E-state index in [2.05, 4.69) is 29.2 Å². The van der Waals surface area contributed by atoms with E-state index < -0.39 is 18.2 Å². The van der Waals surface area contributed by atoms with Crippen molar-refractivity contribution in [2.24, 2.45) is 11.8 Å². The summed E-state index contributed by atoms with van der Waals surface area (Å²) in [6, 6.07) is 3.21. The number of nitrogens with zero attached hydrogens (tertiary/aromatic N) is 5. The molecule has 2 aromatic heterocycles. The van der Waals surface area contributed by atoms with Crippen LogP contribution in [-0.2, 0) is 4.74 Å². The van der Waals surface area contributed by atoms with Gasteiger partial charge in [0.15, 0.2) is 0 Å². The van der Waals surface area contributed by atoms with Crippen molar-refractivity contribution >= 4 is 45.2 Å². The number of aliphatic hydroxyl groups is 4. The van der Waals surface area contributed by atoms with Gasteiger partial charge in [-0.25, -0.2) is 8.78 Å². The average Bonchev–Trinajstić information content (AvgIpc) is 3.21. The number of aryl methyl sites for hydroxylation is 1. The molecule has 3 aromatic rings. The van der Waals surface area contributed by atoms with Crippen LogP contribution in [-0.4, -0.2) is 87.1 Å². The fraction of sp³-hybridized carbons (Fsp3) is 0.457. The van der Waals surface area contributed by atoms with Gasteiger partial charge in [0, 0.05) is 53.8 Å². The Hall–Kier alpha value is -4.01. The van der Waals surface area contributed by atoms with E-state index in [-0.39, 0.29) is 29.0 Å². The van der Waals surface area contributed by atoms with Crippen molar-refractivity contribution in [3.63, 3.8) is 0 Å². The van der Waals surface area contributed by atoms with Crippen LogP contribution in [0.15, 0.2) is 31.1 Å². The van der Waals surface area contributed by atoms with Gasteiger partial charge in [0.1, 0.15) is 22.7 Å². The van der Waals surface area contributed by atoms with Gasteiger partial charge in [-0.15, -0.1) is 24.5 Å². The lowest BCUT2D eigenvalue weighted by atomic mass is 9.94. The van der Waals surface area contributed by atoms with E-state index >= 15 is 4.39 Å². The zero-order valence-corrected chi connectivity index (χ0v) is 29.8. The summed E-state index contributed by atoms with van der Waals surface area (Å²) in [4.78, 5) is 12.2. The number of benzene rings is 1. The van der Waals surface area contributed by atoms with Gasteiger partial charge in [0.25, 0.3) is 0 Å². The largest absolute Gasteiger partial charge is 0.408 e. The molecule has 2 fully saturated rings. The van der Waals surface area contributed by atoms with Crippen LogP contribution < -0.4 is 25.1 Å². The zero-order valence-electron chi connectivity index (χ0n) is 29.0. The van der Waals surface area contributed by atoms with Crippen LogP contribution >= 0.6 is 11.3 Å². The summed E-state index contributed by atoms with van der Waals surface area (Å²) < 4.78 is 39.2. The summed E-state index contributed by atoms with van der Waals surface area (Å²) in [5.74, 6) is -1.62. The molecule has 2 saturated heterocycles. The van der Waals surface area contributed by atoms with Gasteiger partial charge in [-0.05, 0) is 55.4 Å². The molecule has 50 heavy (non-hydrogen) atoms. The number of ether oxygens (including phenoxy) is 2. The van der Waals surface area contributed by atoms with E-state index in [1.165, 1.54) is 29.2 Å². The molecule has 15 heteroatoms. The second-order valence-corrected chi connectivity index (χ2v) is 13.2.